The Morgan fingerprint density at radius 3 is 2.88 bits per heavy atom. The van der Waals surface area contributed by atoms with Crippen molar-refractivity contribution in [3.63, 3.8) is 0 Å². The molecule has 0 aromatic heterocycles. The molecule has 7 nitrogen and oxygen atoms in total. The molecule has 0 fully saturated rings. The number of hydrazine groups is 1. The number of nitrogens with two attached hydrogens (primary N) is 1. The van der Waals surface area contributed by atoms with Crippen LogP contribution in [0.4, 0.5) is 5.69 Å². The molecule has 1 aromatic rings. The van der Waals surface area contributed by atoms with Gasteiger partial charge in [0.1, 0.15) is 5.75 Å². The Labute approximate surface area is 95.3 Å². The lowest BCUT2D eigenvalue weighted by atomic mass is 10.3. The predicted molar refractivity (Wildman–Crippen MR) is 55.9 cm³/mol. The van der Waals surface area contributed by atoms with Gasteiger partial charge >= 0.3 is 0 Å². The summed E-state index contributed by atoms with van der Waals surface area (Å²) in [5, 5.41) is 10.6. The Hall–Kier alpha value is -1.86. The molecule has 0 saturated heterocycles. The van der Waals surface area contributed by atoms with E-state index in [1.54, 1.807) is 0 Å². The van der Waals surface area contributed by atoms with Crippen molar-refractivity contribution in [2.24, 2.45) is 5.84 Å². The summed E-state index contributed by atoms with van der Waals surface area (Å²) in [5.41, 5.74) is 1.68. The monoisotopic (exact) mass is 245 g/mol. The van der Waals surface area contributed by atoms with E-state index < -0.39 is 10.8 Å². The van der Waals surface area contributed by atoms with Crippen LogP contribution in [0.25, 0.3) is 0 Å². The second-order valence-corrected chi connectivity index (χ2v) is 3.14. The van der Waals surface area contributed by atoms with Crippen molar-refractivity contribution >= 4 is 23.2 Å². The average Bonchev–Trinajstić information content (AvgIpc) is 2.27. The number of carbonyl (C=O) groups is 1. The molecule has 0 radical (unpaired) electrons. The number of benzene rings is 1. The number of non-ortho nitro benzene ring substituents is 1. The Kier molecular flexibility index (Phi) is 4.03. The first kappa shape index (κ1) is 12.2. The first-order valence-corrected chi connectivity index (χ1v) is 4.48. The van der Waals surface area contributed by atoms with Gasteiger partial charge in [0.25, 0.3) is 11.6 Å². The van der Waals surface area contributed by atoms with Gasteiger partial charge in [-0.15, -0.1) is 0 Å². The van der Waals surface area contributed by atoms with Crippen LogP contribution in [0.5, 0.6) is 5.75 Å². The summed E-state index contributed by atoms with van der Waals surface area (Å²) >= 11 is 5.72. The molecule has 1 amide bonds. The van der Waals surface area contributed by atoms with Gasteiger partial charge in [-0.1, -0.05) is 11.6 Å². The summed E-state index contributed by atoms with van der Waals surface area (Å²) in [7, 11) is 0. The fourth-order valence-electron chi connectivity index (χ4n) is 0.901. The van der Waals surface area contributed by atoms with Gasteiger partial charge in [0.05, 0.1) is 16.0 Å². The van der Waals surface area contributed by atoms with Crippen LogP contribution in [0.3, 0.4) is 0 Å². The molecule has 0 heterocycles. The van der Waals surface area contributed by atoms with Crippen LogP contribution in [-0.4, -0.2) is 17.4 Å². The molecule has 0 saturated carbocycles. The number of nitro benzene ring substituents is 1. The van der Waals surface area contributed by atoms with Crippen molar-refractivity contribution in [2.45, 2.75) is 0 Å². The molecule has 0 bridgehead atoms. The number of hydrogen-bond donors (Lipinski definition) is 2. The zero-order valence-electron chi connectivity index (χ0n) is 7.97. The number of halogens is 1. The average molecular weight is 246 g/mol. The molecular weight excluding hydrogens is 238 g/mol. The smallest absolute Gasteiger partial charge is 0.273 e. The molecule has 86 valence electrons. The van der Waals surface area contributed by atoms with E-state index in [1.807, 2.05) is 5.43 Å². The number of hydrogen-bond acceptors (Lipinski definition) is 5. The molecule has 0 unspecified atom stereocenters. The minimum absolute atomic E-state index is 0.0551. The third-order valence-corrected chi connectivity index (χ3v) is 1.96. The molecule has 0 spiro atoms. The molecule has 1 aromatic carbocycles. The Balaban J connectivity index is 2.82. The largest absolute Gasteiger partial charge is 0.482 e. The number of ether oxygens (including phenoxy) is 1. The standard InChI is InChI=1S/C8H8ClN3O4/c9-6-2-1-5(12(14)15)3-7(6)16-4-8(13)11-10/h1-3H,4,10H2,(H,11,13). The van der Waals surface area contributed by atoms with Crippen molar-refractivity contribution < 1.29 is 14.5 Å². The molecule has 3 N–H and O–H groups in total. The summed E-state index contributed by atoms with van der Waals surface area (Å²) in [6.45, 7) is -0.364. The molecule has 1 rings (SSSR count). The van der Waals surface area contributed by atoms with Crippen LogP contribution >= 0.6 is 11.6 Å². The van der Waals surface area contributed by atoms with E-state index in [-0.39, 0.29) is 23.1 Å². The van der Waals surface area contributed by atoms with Crippen LogP contribution in [0.15, 0.2) is 18.2 Å². The Morgan fingerprint density at radius 2 is 2.31 bits per heavy atom. The number of rotatable bonds is 4. The van der Waals surface area contributed by atoms with Crippen LogP contribution in [0.1, 0.15) is 0 Å². The van der Waals surface area contributed by atoms with Crippen molar-refractivity contribution in [2.75, 3.05) is 6.61 Å². The van der Waals surface area contributed by atoms with E-state index in [2.05, 4.69) is 0 Å². The number of nitrogens with one attached hydrogen (secondary N) is 1. The lowest BCUT2D eigenvalue weighted by molar-refractivity contribution is -0.384. The minimum atomic E-state index is -0.591. The van der Waals surface area contributed by atoms with E-state index in [9.17, 15) is 14.9 Å². The quantitative estimate of drug-likeness (QED) is 0.350. The fourth-order valence-corrected chi connectivity index (χ4v) is 1.07. The third-order valence-electron chi connectivity index (χ3n) is 1.65. The molecule has 16 heavy (non-hydrogen) atoms. The normalized spacial score (nSPS) is 9.62. The second-order valence-electron chi connectivity index (χ2n) is 2.73. The molecular formula is C8H8ClN3O4. The Morgan fingerprint density at radius 1 is 1.62 bits per heavy atom. The lowest BCUT2D eigenvalue weighted by Gasteiger charge is -2.06. The zero-order valence-corrected chi connectivity index (χ0v) is 8.73. The molecule has 8 heteroatoms. The Bertz CT molecular complexity index is 424. The van der Waals surface area contributed by atoms with Gasteiger partial charge in [0.2, 0.25) is 0 Å². The molecule has 0 aliphatic rings. The minimum Gasteiger partial charge on any atom is -0.482 e. The van der Waals surface area contributed by atoms with E-state index in [1.165, 1.54) is 12.1 Å². The van der Waals surface area contributed by atoms with E-state index in [0.717, 1.165) is 6.07 Å². The van der Waals surface area contributed by atoms with Crippen molar-refractivity contribution in [1.29, 1.82) is 0 Å². The van der Waals surface area contributed by atoms with Gasteiger partial charge < -0.3 is 4.74 Å². The summed E-state index contributed by atoms with van der Waals surface area (Å²) < 4.78 is 4.95. The summed E-state index contributed by atoms with van der Waals surface area (Å²) in [4.78, 5) is 20.7. The first-order chi connectivity index (χ1) is 7.54. The van der Waals surface area contributed by atoms with Crippen LogP contribution < -0.4 is 16.0 Å². The number of nitrogens with zero attached hydrogens (tertiary/aromatic N) is 1. The SMILES string of the molecule is NNC(=O)COc1cc([N+](=O)[O-])ccc1Cl. The van der Waals surface area contributed by atoms with Crippen LogP contribution in [0, 0.1) is 10.1 Å². The van der Waals surface area contributed by atoms with Gasteiger partial charge in [-0.25, -0.2) is 5.84 Å². The van der Waals surface area contributed by atoms with Gasteiger partial charge in [-0.05, 0) is 6.07 Å². The van der Waals surface area contributed by atoms with Crippen molar-refractivity contribution in [3.05, 3.63) is 33.3 Å². The van der Waals surface area contributed by atoms with Gasteiger partial charge in [-0.2, -0.15) is 0 Å². The second kappa shape index (κ2) is 5.29. The van der Waals surface area contributed by atoms with Crippen molar-refractivity contribution in [3.8, 4) is 5.75 Å². The highest BCUT2D eigenvalue weighted by molar-refractivity contribution is 6.32. The summed E-state index contributed by atoms with van der Waals surface area (Å²) in [6, 6.07) is 3.68. The highest BCUT2D eigenvalue weighted by Gasteiger charge is 2.11. The van der Waals surface area contributed by atoms with Gasteiger partial charge in [0, 0.05) is 6.07 Å². The maximum Gasteiger partial charge on any atom is 0.273 e. The fraction of sp³-hybridized carbons (Fsp3) is 0.125. The third kappa shape index (κ3) is 3.07. The summed E-state index contributed by atoms with van der Waals surface area (Å²) in [6.07, 6.45) is 0. The molecule has 0 aliphatic heterocycles. The molecule has 0 aliphatic carbocycles. The topological polar surface area (TPSA) is 107 Å². The van der Waals surface area contributed by atoms with E-state index in [4.69, 9.17) is 22.2 Å². The van der Waals surface area contributed by atoms with Crippen LogP contribution in [0.2, 0.25) is 5.02 Å². The maximum atomic E-state index is 10.8. The van der Waals surface area contributed by atoms with Gasteiger partial charge in [0.15, 0.2) is 6.61 Å². The number of amides is 1. The van der Waals surface area contributed by atoms with Gasteiger partial charge in [-0.3, -0.25) is 20.3 Å². The summed E-state index contributed by atoms with van der Waals surface area (Å²) in [5.74, 6) is 4.32. The number of nitro groups is 1. The van der Waals surface area contributed by atoms with Crippen molar-refractivity contribution in [1.82, 2.24) is 5.43 Å². The number of carbonyl (C=O) groups excluding carboxylic acids is 1. The van der Waals surface area contributed by atoms with Crippen LogP contribution in [-0.2, 0) is 4.79 Å². The highest BCUT2D eigenvalue weighted by Crippen LogP contribution is 2.28. The highest BCUT2D eigenvalue weighted by atomic mass is 35.5. The zero-order chi connectivity index (χ0) is 12.1. The van der Waals surface area contributed by atoms with E-state index >= 15 is 0 Å². The van der Waals surface area contributed by atoms with E-state index in [0.29, 0.717) is 0 Å². The first-order valence-electron chi connectivity index (χ1n) is 4.10. The lowest BCUT2D eigenvalue weighted by Crippen LogP contribution is -2.34. The maximum absolute atomic E-state index is 10.8. The predicted octanol–water partition coefficient (Wildman–Crippen LogP) is 0.617. The molecule has 0 atom stereocenters.